The van der Waals surface area contributed by atoms with Gasteiger partial charge in [-0.25, -0.2) is 0 Å². The van der Waals surface area contributed by atoms with Crippen LogP contribution in [-0.2, 0) is 0 Å². The minimum atomic E-state index is 0.0393. The van der Waals surface area contributed by atoms with Crippen LogP contribution in [0.25, 0.3) is 11.1 Å². The number of benzene rings is 2. The second-order valence-electron chi connectivity index (χ2n) is 5.08. The van der Waals surface area contributed by atoms with E-state index in [1.54, 1.807) is 0 Å². The number of aliphatic hydroxyl groups is 2. The van der Waals surface area contributed by atoms with E-state index in [1.807, 2.05) is 35.2 Å². The summed E-state index contributed by atoms with van der Waals surface area (Å²) in [5.41, 5.74) is 10.9. The van der Waals surface area contributed by atoms with Crippen molar-refractivity contribution >= 4 is 11.4 Å². The third-order valence-electron chi connectivity index (χ3n) is 3.43. The van der Waals surface area contributed by atoms with E-state index in [4.69, 9.17) is 5.73 Å². The van der Waals surface area contributed by atoms with E-state index < -0.39 is 0 Å². The molecule has 0 fully saturated rings. The van der Waals surface area contributed by atoms with Crippen LogP contribution in [0.5, 0.6) is 0 Å². The van der Waals surface area contributed by atoms with Crippen molar-refractivity contribution < 1.29 is 10.2 Å². The molecule has 2 rings (SSSR count). The summed E-state index contributed by atoms with van der Waals surface area (Å²) in [6.45, 7) is 3.08. The van der Waals surface area contributed by atoms with E-state index in [9.17, 15) is 10.2 Å². The van der Waals surface area contributed by atoms with E-state index in [0.717, 1.165) is 16.8 Å². The second kappa shape index (κ2) is 7.11. The minimum Gasteiger partial charge on any atom is -0.399 e. The van der Waals surface area contributed by atoms with Crippen LogP contribution in [0.2, 0.25) is 0 Å². The summed E-state index contributed by atoms with van der Waals surface area (Å²) >= 11 is 0. The second-order valence-corrected chi connectivity index (χ2v) is 5.08. The van der Waals surface area contributed by atoms with Gasteiger partial charge in [-0.15, -0.1) is 0 Å². The Bertz CT molecular complexity index is 593. The Morgan fingerprint density at radius 2 is 1.71 bits per heavy atom. The molecule has 0 aliphatic rings. The lowest BCUT2D eigenvalue weighted by atomic mass is 10.00. The molecule has 21 heavy (non-hydrogen) atoms. The lowest BCUT2D eigenvalue weighted by molar-refractivity contribution is 0.281. The summed E-state index contributed by atoms with van der Waals surface area (Å²) in [5.74, 6) is 0. The van der Waals surface area contributed by atoms with Crippen molar-refractivity contribution in [3.63, 3.8) is 0 Å². The van der Waals surface area contributed by atoms with Crippen molar-refractivity contribution in [2.75, 3.05) is 36.9 Å². The Labute approximate surface area is 125 Å². The van der Waals surface area contributed by atoms with E-state index >= 15 is 0 Å². The number of aryl methyl sites for hydroxylation is 1. The van der Waals surface area contributed by atoms with Gasteiger partial charge in [-0.1, -0.05) is 29.8 Å². The Kier molecular flexibility index (Phi) is 5.20. The largest absolute Gasteiger partial charge is 0.399 e. The highest BCUT2D eigenvalue weighted by atomic mass is 16.3. The van der Waals surface area contributed by atoms with Gasteiger partial charge in [0.05, 0.1) is 13.2 Å². The Morgan fingerprint density at radius 3 is 2.33 bits per heavy atom. The highest BCUT2D eigenvalue weighted by Crippen LogP contribution is 2.33. The molecule has 4 heteroatoms. The van der Waals surface area contributed by atoms with Crippen molar-refractivity contribution in [1.82, 2.24) is 0 Å². The molecule has 0 aliphatic carbocycles. The number of nitrogens with two attached hydrogens (primary N) is 1. The van der Waals surface area contributed by atoms with Crippen LogP contribution in [0, 0.1) is 6.92 Å². The first-order valence-corrected chi connectivity index (χ1v) is 7.09. The Hall–Kier alpha value is -2.04. The third-order valence-corrected chi connectivity index (χ3v) is 3.43. The van der Waals surface area contributed by atoms with E-state index in [0.29, 0.717) is 18.8 Å². The molecule has 4 nitrogen and oxygen atoms in total. The van der Waals surface area contributed by atoms with Gasteiger partial charge in [-0.05, 0) is 30.7 Å². The maximum Gasteiger partial charge on any atom is 0.0606 e. The van der Waals surface area contributed by atoms with Crippen LogP contribution < -0.4 is 10.6 Å². The molecular weight excluding hydrogens is 264 g/mol. The molecule has 0 atom stereocenters. The first-order valence-electron chi connectivity index (χ1n) is 7.09. The minimum absolute atomic E-state index is 0.0393. The fraction of sp³-hybridized carbons (Fsp3) is 0.294. The van der Waals surface area contributed by atoms with Crippen LogP contribution in [0.4, 0.5) is 11.4 Å². The smallest absolute Gasteiger partial charge is 0.0606 e. The fourth-order valence-corrected chi connectivity index (χ4v) is 2.47. The van der Waals surface area contributed by atoms with E-state index in [1.165, 1.54) is 5.56 Å². The first-order chi connectivity index (χ1) is 10.2. The number of nitrogen functional groups attached to an aromatic ring is 1. The van der Waals surface area contributed by atoms with Gasteiger partial charge >= 0.3 is 0 Å². The molecule has 0 aliphatic heterocycles. The van der Waals surface area contributed by atoms with Gasteiger partial charge in [0, 0.05) is 30.0 Å². The molecule has 2 aromatic rings. The molecule has 0 saturated carbocycles. The molecule has 0 bridgehead atoms. The van der Waals surface area contributed by atoms with Gasteiger partial charge in [-0.2, -0.15) is 0 Å². The van der Waals surface area contributed by atoms with Gasteiger partial charge in [-0.3, -0.25) is 0 Å². The van der Waals surface area contributed by atoms with Gasteiger partial charge in [0.15, 0.2) is 0 Å². The number of nitrogens with zero attached hydrogens (tertiary/aromatic N) is 1. The maximum atomic E-state index is 9.24. The number of anilines is 2. The van der Waals surface area contributed by atoms with E-state index in [-0.39, 0.29) is 13.2 Å². The molecule has 0 radical (unpaired) electrons. The zero-order valence-corrected chi connectivity index (χ0v) is 12.3. The van der Waals surface area contributed by atoms with Crippen LogP contribution in [0.15, 0.2) is 42.5 Å². The average molecular weight is 286 g/mol. The van der Waals surface area contributed by atoms with Crippen molar-refractivity contribution in [3.8, 4) is 11.1 Å². The third kappa shape index (κ3) is 3.74. The molecule has 0 aromatic heterocycles. The van der Waals surface area contributed by atoms with Gasteiger partial charge in [0.1, 0.15) is 0 Å². The molecule has 0 saturated heterocycles. The summed E-state index contributed by atoms with van der Waals surface area (Å²) in [6.07, 6.45) is 0. The average Bonchev–Trinajstić information content (AvgIpc) is 2.47. The summed E-state index contributed by atoms with van der Waals surface area (Å²) < 4.78 is 0. The predicted octanol–water partition coefficient (Wildman–Crippen LogP) is 2.04. The standard InChI is InChI=1S/C17H22N2O2/c1-13-3-2-4-14(11-13)16-12-15(18)5-6-17(16)19(7-9-20)8-10-21/h2-6,11-12,20-21H,7-10,18H2,1H3. The van der Waals surface area contributed by atoms with Crippen LogP contribution in [0.1, 0.15) is 5.56 Å². The normalized spacial score (nSPS) is 10.6. The molecule has 4 N–H and O–H groups in total. The lowest BCUT2D eigenvalue weighted by Gasteiger charge is -2.26. The number of rotatable bonds is 6. The van der Waals surface area contributed by atoms with Crippen molar-refractivity contribution in [3.05, 3.63) is 48.0 Å². The molecule has 0 amide bonds. The molecular formula is C17H22N2O2. The van der Waals surface area contributed by atoms with Crippen LogP contribution >= 0.6 is 0 Å². The fourth-order valence-electron chi connectivity index (χ4n) is 2.47. The van der Waals surface area contributed by atoms with Crippen molar-refractivity contribution in [2.24, 2.45) is 0 Å². The maximum absolute atomic E-state index is 9.24. The van der Waals surface area contributed by atoms with Crippen molar-refractivity contribution in [1.29, 1.82) is 0 Å². The summed E-state index contributed by atoms with van der Waals surface area (Å²) in [7, 11) is 0. The van der Waals surface area contributed by atoms with E-state index in [2.05, 4.69) is 19.1 Å². The quantitative estimate of drug-likeness (QED) is 0.711. The summed E-state index contributed by atoms with van der Waals surface area (Å²) in [5, 5.41) is 18.5. The van der Waals surface area contributed by atoms with Gasteiger partial charge < -0.3 is 20.8 Å². The molecule has 0 spiro atoms. The lowest BCUT2D eigenvalue weighted by Crippen LogP contribution is -2.30. The topological polar surface area (TPSA) is 69.7 Å². The summed E-state index contributed by atoms with van der Waals surface area (Å²) in [6, 6.07) is 13.9. The van der Waals surface area contributed by atoms with Crippen molar-refractivity contribution in [2.45, 2.75) is 6.92 Å². The molecule has 0 unspecified atom stereocenters. The predicted molar refractivity (Wildman–Crippen MR) is 87.4 cm³/mol. The zero-order chi connectivity index (χ0) is 15.2. The molecule has 112 valence electrons. The first kappa shape index (κ1) is 15.4. The van der Waals surface area contributed by atoms with Crippen LogP contribution in [-0.4, -0.2) is 36.5 Å². The Morgan fingerprint density at radius 1 is 1.00 bits per heavy atom. The number of hydrogen-bond acceptors (Lipinski definition) is 4. The Balaban J connectivity index is 2.50. The van der Waals surface area contributed by atoms with Crippen LogP contribution in [0.3, 0.4) is 0 Å². The molecule has 0 heterocycles. The summed E-state index contributed by atoms with van der Waals surface area (Å²) in [4.78, 5) is 1.97. The zero-order valence-electron chi connectivity index (χ0n) is 12.3. The van der Waals surface area contributed by atoms with Gasteiger partial charge in [0.25, 0.3) is 0 Å². The SMILES string of the molecule is Cc1cccc(-c2cc(N)ccc2N(CCO)CCO)c1. The highest BCUT2D eigenvalue weighted by molar-refractivity contribution is 5.81. The van der Waals surface area contributed by atoms with Gasteiger partial charge in [0.2, 0.25) is 0 Å². The number of aliphatic hydroxyl groups excluding tert-OH is 2. The molecule has 2 aromatic carbocycles. The number of hydrogen-bond donors (Lipinski definition) is 3. The highest BCUT2D eigenvalue weighted by Gasteiger charge is 2.12. The monoisotopic (exact) mass is 286 g/mol.